The molecular weight excluding hydrogens is 434 g/mol. The molecule has 1 aliphatic heterocycles. The highest BCUT2D eigenvalue weighted by Gasteiger charge is 2.39. The highest BCUT2D eigenvalue weighted by Crippen LogP contribution is 2.48. The number of carboxylic acid groups (broad SMARTS) is 1. The molecule has 0 bridgehead atoms. The van der Waals surface area contributed by atoms with Gasteiger partial charge in [0, 0.05) is 11.0 Å². The van der Waals surface area contributed by atoms with Crippen LogP contribution in [0.5, 0.6) is 0 Å². The van der Waals surface area contributed by atoms with Crippen LogP contribution < -0.4 is 4.90 Å². The maximum Gasteiger partial charge on any atom is 0.323 e. The molecule has 3 aromatic rings. The van der Waals surface area contributed by atoms with E-state index in [1.165, 1.54) is 16.7 Å². The number of hydrogen-bond donors (Lipinski definition) is 1. The third kappa shape index (κ3) is 4.55. The summed E-state index contributed by atoms with van der Waals surface area (Å²) in [7, 11) is 0. The summed E-state index contributed by atoms with van der Waals surface area (Å²) < 4.78 is 1.76. The van der Waals surface area contributed by atoms with Crippen LogP contribution in [-0.2, 0) is 15.0 Å². The number of carbonyl (C=O) groups is 2. The van der Waals surface area contributed by atoms with Crippen LogP contribution in [0.15, 0.2) is 48.5 Å². The SMILES string of the molecule is Cc1cccc(C2SCC(=O)N(CC(=O)O)c3c2c(C(C)(C)C)nn3-c2cccc(C)c2)c1. The van der Waals surface area contributed by atoms with E-state index in [0.29, 0.717) is 5.82 Å². The van der Waals surface area contributed by atoms with Gasteiger partial charge in [-0.25, -0.2) is 4.68 Å². The molecule has 0 aliphatic carbocycles. The smallest absolute Gasteiger partial charge is 0.323 e. The molecule has 0 fully saturated rings. The second-order valence-electron chi connectivity index (χ2n) is 9.57. The van der Waals surface area contributed by atoms with E-state index in [0.717, 1.165) is 33.6 Å². The number of rotatable bonds is 4. The van der Waals surface area contributed by atoms with Crippen molar-refractivity contribution in [1.29, 1.82) is 0 Å². The van der Waals surface area contributed by atoms with Crippen LogP contribution in [0, 0.1) is 13.8 Å². The van der Waals surface area contributed by atoms with Crippen molar-refractivity contribution in [3.05, 3.63) is 76.5 Å². The lowest BCUT2D eigenvalue weighted by atomic mass is 9.87. The van der Waals surface area contributed by atoms with Gasteiger partial charge >= 0.3 is 5.97 Å². The van der Waals surface area contributed by atoms with Gasteiger partial charge in [-0.1, -0.05) is 62.7 Å². The number of aryl methyl sites for hydroxylation is 2. The van der Waals surface area contributed by atoms with Crippen molar-refractivity contribution in [3.8, 4) is 5.69 Å². The standard InChI is InChI=1S/C26H29N3O3S/c1-16-8-6-10-18(12-16)23-22-24(26(3,4)5)27-29(19-11-7-9-17(2)13-19)25(22)28(14-21(31)32)20(30)15-33-23/h6-13,23H,14-15H2,1-5H3,(H,31,32). The minimum absolute atomic E-state index is 0.143. The van der Waals surface area contributed by atoms with Crippen molar-refractivity contribution in [2.24, 2.45) is 0 Å². The van der Waals surface area contributed by atoms with Gasteiger partial charge in [0.05, 0.1) is 22.4 Å². The molecule has 0 saturated carbocycles. The van der Waals surface area contributed by atoms with Gasteiger partial charge in [-0.05, 0) is 37.1 Å². The van der Waals surface area contributed by atoms with Gasteiger partial charge < -0.3 is 5.11 Å². The lowest BCUT2D eigenvalue weighted by molar-refractivity contribution is -0.136. The molecule has 1 N–H and O–H groups in total. The van der Waals surface area contributed by atoms with Crippen molar-refractivity contribution in [1.82, 2.24) is 9.78 Å². The molecule has 0 spiro atoms. The van der Waals surface area contributed by atoms with E-state index >= 15 is 0 Å². The second-order valence-corrected chi connectivity index (χ2v) is 10.7. The van der Waals surface area contributed by atoms with Crippen LogP contribution in [-0.4, -0.2) is 39.1 Å². The van der Waals surface area contributed by atoms with Crippen molar-refractivity contribution in [2.45, 2.75) is 45.3 Å². The van der Waals surface area contributed by atoms with E-state index in [4.69, 9.17) is 5.10 Å². The van der Waals surface area contributed by atoms with Crippen LogP contribution in [0.1, 0.15) is 54.0 Å². The number of fused-ring (bicyclic) bond motifs is 1. The zero-order valence-electron chi connectivity index (χ0n) is 19.6. The predicted molar refractivity (Wildman–Crippen MR) is 132 cm³/mol. The summed E-state index contributed by atoms with van der Waals surface area (Å²) in [5.41, 5.74) is 5.54. The van der Waals surface area contributed by atoms with Crippen LogP contribution in [0.25, 0.3) is 5.69 Å². The quantitative estimate of drug-likeness (QED) is 0.587. The largest absolute Gasteiger partial charge is 0.480 e. The Kier molecular flexibility index (Phi) is 6.10. The van der Waals surface area contributed by atoms with Crippen molar-refractivity contribution in [3.63, 3.8) is 0 Å². The number of benzene rings is 2. The van der Waals surface area contributed by atoms with Crippen LogP contribution in [0.2, 0.25) is 0 Å². The average molecular weight is 464 g/mol. The molecule has 6 nitrogen and oxygen atoms in total. The van der Waals surface area contributed by atoms with E-state index in [1.807, 2.05) is 37.3 Å². The number of hydrogen-bond acceptors (Lipinski definition) is 4. The number of aromatic nitrogens is 2. The molecule has 0 radical (unpaired) electrons. The summed E-state index contributed by atoms with van der Waals surface area (Å²) in [5, 5.41) is 14.5. The van der Waals surface area contributed by atoms with E-state index in [-0.39, 0.29) is 22.3 Å². The topological polar surface area (TPSA) is 75.4 Å². The normalized spacial score (nSPS) is 16.5. The Labute approximate surface area is 198 Å². The Bertz CT molecular complexity index is 1230. The maximum absolute atomic E-state index is 13.3. The average Bonchev–Trinajstić information content (AvgIpc) is 3.07. The first-order chi connectivity index (χ1) is 15.6. The number of amides is 1. The van der Waals surface area contributed by atoms with E-state index in [1.54, 1.807) is 4.68 Å². The number of carboxylic acids is 1. The fourth-order valence-electron chi connectivity index (χ4n) is 4.24. The highest BCUT2D eigenvalue weighted by atomic mass is 32.2. The van der Waals surface area contributed by atoms with Crippen molar-refractivity contribution < 1.29 is 14.7 Å². The molecule has 33 heavy (non-hydrogen) atoms. The zero-order chi connectivity index (χ0) is 23.9. The molecular formula is C26H29N3O3S. The number of anilines is 1. The fraction of sp³-hybridized carbons (Fsp3) is 0.346. The molecule has 1 atom stereocenters. The fourth-order valence-corrected chi connectivity index (χ4v) is 5.43. The van der Waals surface area contributed by atoms with Gasteiger partial charge in [0.1, 0.15) is 12.4 Å². The molecule has 1 amide bonds. The van der Waals surface area contributed by atoms with Gasteiger partial charge in [0.2, 0.25) is 5.91 Å². The molecule has 172 valence electrons. The summed E-state index contributed by atoms with van der Waals surface area (Å²) >= 11 is 1.53. The van der Waals surface area contributed by atoms with E-state index in [9.17, 15) is 14.7 Å². The molecule has 2 aromatic carbocycles. The molecule has 1 aromatic heterocycles. The van der Waals surface area contributed by atoms with Crippen LogP contribution in [0.3, 0.4) is 0 Å². The highest BCUT2D eigenvalue weighted by molar-refractivity contribution is 8.00. The summed E-state index contributed by atoms with van der Waals surface area (Å²) in [4.78, 5) is 26.5. The van der Waals surface area contributed by atoms with Gasteiger partial charge in [-0.15, -0.1) is 11.8 Å². The molecule has 1 aliphatic rings. The third-order valence-corrected chi connectivity index (χ3v) is 6.94. The Morgan fingerprint density at radius 2 is 1.79 bits per heavy atom. The monoisotopic (exact) mass is 463 g/mol. The van der Waals surface area contributed by atoms with Crippen LogP contribution in [0.4, 0.5) is 5.82 Å². The lowest BCUT2D eigenvalue weighted by Gasteiger charge is -2.24. The van der Waals surface area contributed by atoms with Gasteiger partial charge in [-0.3, -0.25) is 14.5 Å². The minimum Gasteiger partial charge on any atom is -0.480 e. The van der Waals surface area contributed by atoms with Gasteiger partial charge in [-0.2, -0.15) is 5.10 Å². The molecule has 1 unspecified atom stereocenters. The van der Waals surface area contributed by atoms with Crippen molar-refractivity contribution in [2.75, 3.05) is 17.2 Å². The molecule has 4 rings (SSSR count). The molecule has 7 heteroatoms. The summed E-state index contributed by atoms with van der Waals surface area (Å²) in [6.45, 7) is 9.94. The number of nitrogens with zero attached hydrogens (tertiary/aromatic N) is 3. The first-order valence-corrected chi connectivity index (χ1v) is 12.0. The Morgan fingerprint density at radius 3 is 2.39 bits per heavy atom. The summed E-state index contributed by atoms with van der Waals surface area (Å²) in [5.74, 6) is -0.539. The maximum atomic E-state index is 13.3. The summed E-state index contributed by atoms with van der Waals surface area (Å²) in [6.07, 6.45) is 0. The van der Waals surface area contributed by atoms with Gasteiger partial charge in [0.15, 0.2) is 0 Å². The first kappa shape index (κ1) is 23.1. The molecule has 0 saturated heterocycles. The number of carbonyl (C=O) groups excluding carboxylic acids is 1. The Hall–Kier alpha value is -3.06. The Morgan fingerprint density at radius 1 is 1.12 bits per heavy atom. The number of aliphatic carboxylic acids is 1. The predicted octanol–water partition coefficient (Wildman–Crippen LogP) is 5.04. The number of thioether (sulfide) groups is 1. The van der Waals surface area contributed by atoms with Crippen molar-refractivity contribution >= 4 is 29.5 Å². The molecule has 2 heterocycles. The summed E-state index contributed by atoms with van der Waals surface area (Å²) in [6, 6.07) is 16.2. The first-order valence-electron chi connectivity index (χ1n) is 11.0. The minimum atomic E-state index is -1.05. The van der Waals surface area contributed by atoms with Gasteiger partial charge in [0.25, 0.3) is 0 Å². The lowest BCUT2D eigenvalue weighted by Crippen LogP contribution is -2.38. The van der Waals surface area contributed by atoms with E-state index < -0.39 is 12.5 Å². The van der Waals surface area contributed by atoms with E-state index in [2.05, 4.69) is 45.9 Å². The third-order valence-electron chi connectivity index (χ3n) is 5.68. The Balaban J connectivity index is 2.08. The second kappa shape index (κ2) is 8.71. The van der Waals surface area contributed by atoms with Crippen LogP contribution >= 0.6 is 11.8 Å². The zero-order valence-corrected chi connectivity index (χ0v) is 20.4.